The van der Waals surface area contributed by atoms with Crippen molar-refractivity contribution in [3.63, 3.8) is 0 Å². The quantitative estimate of drug-likeness (QED) is 0.815. The molecule has 3 rings (SSSR count). The van der Waals surface area contributed by atoms with Gasteiger partial charge in [0.1, 0.15) is 5.82 Å². The Balaban J connectivity index is 1.91. The van der Waals surface area contributed by atoms with Crippen molar-refractivity contribution in [2.45, 2.75) is 24.5 Å². The SMILES string of the molecule is Clc1ccn2c(CC3CCCS3)ncc2c1. The second kappa shape index (κ2) is 4.30. The molecule has 0 aliphatic carbocycles. The van der Waals surface area contributed by atoms with Gasteiger partial charge in [0.2, 0.25) is 0 Å². The molecule has 1 saturated heterocycles. The third kappa shape index (κ3) is 1.94. The smallest absolute Gasteiger partial charge is 0.114 e. The molecular formula is C12H13ClN2S. The fourth-order valence-corrected chi connectivity index (χ4v) is 3.62. The number of nitrogens with zero attached hydrogens (tertiary/aromatic N) is 2. The number of halogens is 1. The topological polar surface area (TPSA) is 17.3 Å². The Morgan fingerprint density at radius 1 is 1.56 bits per heavy atom. The van der Waals surface area contributed by atoms with Crippen molar-refractivity contribution >= 4 is 28.9 Å². The van der Waals surface area contributed by atoms with Gasteiger partial charge in [0.25, 0.3) is 0 Å². The van der Waals surface area contributed by atoms with Crippen LogP contribution >= 0.6 is 23.4 Å². The second-order valence-electron chi connectivity index (χ2n) is 4.15. The lowest BCUT2D eigenvalue weighted by molar-refractivity contribution is 0.743. The first-order valence-corrected chi connectivity index (χ1v) is 6.99. The minimum atomic E-state index is 0.751. The molecule has 0 saturated carbocycles. The van der Waals surface area contributed by atoms with Crippen molar-refractivity contribution in [1.29, 1.82) is 0 Å². The van der Waals surface area contributed by atoms with E-state index in [0.29, 0.717) is 0 Å². The molecule has 0 amide bonds. The van der Waals surface area contributed by atoms with E-state index in [9.17, 15) is 0 Å². The summed E-state index contributed by atoms with van der Waals surface area (Å²) in [6, 6.07) is 3.88. The van der Waals surface area contributed by atoms with Gasteiger partial charge in [-0.05, 0) is 30.7 Å². The summed E-state index contributed by atoms with van der Waals surface area (Å²) in [5, 5.41) is 1.52. The van der Waals surface area contributed by atoms with Crippen LogP contribution in [0.1, 0.15) is 18.7 Å². The summed E-state index contributed by atoms with van der Waals surface area (Å²) in [5.74, 6) is 2.46. The zero-order chi connectivity index (χ0) is 11.0. The molecule has 3 heterocycles. The van der Waals surface area contributed by atoms with Crippen molar-refractivity contribution < 1.29 is 0 Å². The molecule has 1 unspecified atom stereocenters. The van der Waals surface area contributed by atoms with Gasteiger partial charge in [-0.3, -0.25) is 0 Å². The Morgan fingerprint density at radius 2 is 2.50 bits per heavy atom. The summed E-state index contributed by atoms with van der Waals surface area (Å²) in [6.45, 7) is 0. The number of hydrogen-bond donors (Lipinski definition) is 0. The van der Waals surface area contributed by atoms with Crippen molar-refractivity contribution in [2.24, 2.45) is 0 Å². The molecular weight excluding hydrogens is 240 g/mol. The fourth-order valence-electron chi connectivity index (χ4n) is 2.19. The van der Waals surface area contributed by atoms with Crippen LogP contribution in [0.2, 0.25) is 5.02 Å². The highest BCUT2D eigenvalue weighted by atomic mass is 35.5. The molecule has 4 heteroatoms. The molecule has 1 fully saturated rings. The van der Waals surface area contributed by atoms with Crippen LogP contribution in [-0.4, -0.2) is 20.4 Å². The number of pyridine rings is 1. The van der Waals surface area contributed by atoms with Crippen LogP contribution in [0.15, 0.2) is 24.5 Å². The second-order valence-corrected chi connectivity index (χ2v) is 6.00. The Hall–Kier alpha value is -0.670. The number of aromatic nitrogens is 2. The molecule has 2 aromatic heterocycles. The molecule has 1 aliphatic rings. The highest BCUT2D eigenvalue weighted by Gasteiger charge is 2.18. The van der Waals surface area contributed by atoms with Gasteiger partial charge in [0.05, 0.1) is 11.7 Å². The number of thioether (sulfide) groups is 1. The molecule has 2 aromatic rings. The maximum atomic E-state index is 5.95. The third-order valence-electron chi connectivity index (χ3n) is 3.00. The predicted molar refractivity (Wildman–Crippen MR) is 69.4 cm³/mol. The first-order chi connectivity index (χ1) is 7.83. The lowest BCUT2D eigenvalue weighted by Crippen LogP contribution is -2.05. The molecule has 0 N–H and O–H groups in total. The zero-order valence-electron chi connectivity index (χ0n) is 8.90. The van der Waals surface area contributed by atoms with Gasteiger partial charge >= 0.3 is 0 Å². The van der Waals surface area contributed by atoms with Gasteiger partial charge < -0.3 is 4.40 Å². The average molecular weight is 253 g/mol. The minimum Gasteiger partial charge on any atom is -0.304 e. The van der Waals surface area contributed by atoms with Gasteiger partial charge in [0, 0.05) is 22.9 Å². The lowest BCUT2D eigenvalue weighted by atomic mass is 10.2. The summed E-state index contributed by atoms with van der Waals surface area (Å²) in [5.41, 5.74) is 1.09. The minimum absolute atomic E-state index is 0.751. The lowest BCUT2D eigenvalue weighted by Gasteiger charge is -2.07. The first-order valence-electron chi connectivity index (χ1n) is 5.56. The van der Waals surface area contributed by atoms with E-state index in [4.69, 9.17) is 11.6 Å². The standard InChI is InChI=1S/C12H13ClN2S/c13-9-3-4-15-10(6-9)8-14-12(15)7-11-2-1-5-16-11/h3-4,6,8,11H,1-2,5,7H2. The molecule has 1 atom stereocenters. The maximum Gasteiger partial charge on any atom is 0.114 e. The zero-order valence-corrected chi connectivity index (χ0v) is 10.5. The summed E-state index contributed by atoms with van der Waals surface area (Å²) in [7, 11) is 0. The molecule has 0 radical (unpaired) electrons. The number of fused-ring (bicyclic) bond motifs is 1. The summed E-state index contributed by atoms with van der Waals surface area (Å²) in [4.78, 5) is 4.49. The number of imidazole rings is 1. The third-order valence-corrected chi connectivity index (χ3v) is 4.64. The molecule has 0 aromatic carbocycles. The fraction of sp³-hybridized carbons (Fsp3) is 0.417. The summed E-state index contributed by atoms with van der Waals surface area (Å²) in [6.07, 6.45) is 7.67. The van der Waals surface area contributed by atoms with Crippen molar-refractivity contribution in [3.05, 3.63) is 35.4 Å². The largest absolute Gasteiger partial charge is 0.304 e. The van der Waals surface area contributed by atoms with Crippen LogP contribution in [0.25, 0.3) is 5.52 Å². The van der Waals surface area contributed by atoms with Crippen molar-refractivity contribution in [2.75, 3.05) is 5.75 Å². The average Bonchev–Trinajstić information content (AvgIpc) is 2.89. The van der Waals surface area contributed by atoms with Gasteiger partial charge in [-0.25, -0.2) is 4.98 Å². The Morgan fingerprint density at radius 3 is 3.31 bits per heavy atom. The summed E-state index contributed by atoms with van der Waals surface area (Å²) >= 11 is 8.03. The Labute approximate surface area is 104 Å². The van der Waals surface area contributed by atoms with Crippen LogP contribution < -0.4 is 0 Å². The van der Waals surface area contributed by atoms with E-state index in [2.05, 4.69) is 21.1 Å². The Bertz CT molecular complexity index is 503. The van der Waals surface area contributed by atoms with E-state index in [1.165, 1.54) is 18.6 Å². The van der Waals surface area contributed by atoms with Crippen molar-refractivity contribution in [1.82, 2.24) is 9.38 Å². The highest BCUT2D eigenvalue weighted by Crippen LogP contribution is 2.29. The van der Waals surface area contributed by atoms with Crippen LogP contribution in [0, 0.1) is 0 Å². The molecule has 84 valence electrons. The van der Waals surface area contributed by atoms with Crippen LogP contribution in [0.4, 0.5) is 0 Å². The molecule has 16 heavy (non-hydrogen) atoms. The van der Waals surface area contributed by atoms with E-state index in [-0.39, 0.29) is 0 Å². The van der Waals surface area contributed by atoms with E-state index >= 15 is 0 Å². The number of hydrogen-bond acceptors (Lipinski definition) is 2. The van der Waals surface area contributed by atoms with Gasteiger partial charge in [0.15, 0.2) is 0 Å². The van der Waals surface area contributed by atoms with E-state index in [0.717, 1.165) is 28.0 Å². The molecule has 2 nitrogen and oxygen atoms in total. The molecule has 1 aliphatic heterocycles. The van der Waals surface area contributed by atoms with E-state index < -0.39 is 0 Å². The normalized spacial score (nSPS) is 20.7. The molecule has 0 bridgehead atoms. The first kappa shape index (κ1) is 10.5. The van der Waals surface area contributed by atoms with Gasteiger partial charge in [-0.15, -0.1) is 0 Å². The predicted octanol–water partition coefficient (Wildman–Crippen LogP) is 3.43. The van der Waals surface area contributed by atoms with Crippen LogP contribution in [0.5, 0.6) is 0 Å². The van der Waals surface area contributed by atoms with E-state index in [1.54, 1.807) is 0 Å². The maximum absolute atomic E-state index is 5.95. The summed E-state index contributed by atoms with van der Waals surface area (Å²) < 4.78 is 2.14. The van der Waals surface area contributed by atoms with Crippen molar-refractivity contribution in [3.8, 4) is 0 Å². The Kier molecular flexibility index (Phi) is 2.82. The highest BCUT2D eigenvalue weighted by molar-refractivity contribution is 8.00. The van der Waals surface area contributed by atoms with Gasteiger partial charge in [-0.2, -0.15) is 11.8 Å². The van der Waals surface area contributed by atoms with Crippen LogP contribution in [0.3, 0.4) is 0 Å². The number of rotatable bonds is 2. The monoisotopic (exact) mass is 252 g/mol. The van der Waals surface area contributed by atoms with Gasteiger partial charge in [-0.1, -0.05) is 11.6 Å². The van der Waals surface area contributed by atoms with E-state index in [1.807, 2.05) is 24.5 Å². The van der Waals surface area contributed by atoms with Crippen LogP contribution in [-0.2, 0) is 6.42 Å². The molecule has 0 spiro atoms.